The summed E-state index contributed by atoms with van der Waals surface area (Å²) in [6.45, 7) is 1.98. The molecule has 21 heavy (non-hydrogen) atoms. The minimum absolute atomic E-state index is 0.318. The highest BCUT2D eigenvalue weighted by Crippen LogP contribution is 2.30. The number of rotatable bonds is 2. The molecule has 0 aliphatic rings. The maximum atomic E-state index is 6.34. The number of nitrogens with zero attached hydrogens (tertiary/aromatic N) is 1. The van der Waals surface area contributed by atoms with Gasteiger partial charge in [0.25, 0.3) is 0 Å². The molecule has 0 fully saturated rings. The fourth-order valence-corrected chi connectivity index (χ4v) is 2.79. The van der Waals surface area contributed by atoms with Gasteiger partial charge >= 0.3 is 0 Å². The van der Waals surface area contributed by atoms with Gasteiger partial charge in [0.1, 0.15) is 0 Å². The van der Waals surface area contributed by atoms with Gasteiger partial charge in [-0.05, 0) is 54.4 Å². The number of halogens is 2. The van der Waals surface area contributed by atoms with Crippen LogP contribution in [0.25, 0.3) is 10.9 Å². The lowest BCUT2D eigenvalue weighted by Crippen LogP contribution is -2.12. The fourth-order valence-electron chi connectivity index (χ4n) is 2.37. The molecule has 0 bridgehead atoms. The molecule has 0 saturated heterocycles. The van der Waals surface area contributed by atoms with Gasteiger partial charge < -0.3 is 5.73 Å². The van der Waals surface area contributed by atoms with Crippen molar-refractivity contribution in [2.75, 3.05) is 0 Å². The molecule has 0 aliphatic carbocycles. The topological polar surface area (TPSA) is 38.9 Å². The summed E-state index contributed by atoms with van der Waals surface area (Å²) in [6, 6.07) is 15.1. The largest absolute Gasteiger partial charge is 0.320 e. The molecule has 3 aromatic rings. The number of hydrogen-bond acceptors (Lipinski definition) is 2. The molecule has 106 valence electrons. The van der Waals surface area contributed by atoms with Crippen molar-refractivity contribution in [3.8, 4) is 0 Å². The van der Waals surface area contributed by atoms with Crippen LogP contribution in [0.2, 0.25) is 10.0 Å². The molecule has 1 atom stereocenters. The highest BCUT2D eigenvalue weighted by Gasteiger charge is 2.13. The zero-order valence-electron chi connectivity index (χ0n) is 11.5. The molecule has 0 aliphatic heterocycles. The van der Waals surface area contributed by atoms with Crippen LogP contribution >= 0.6 is 23.2 Å². The van der Waals surface area contributed by atoms with E-state index in [1.807, 2.05) is 43.3 Å². The molecule has 1 unspecified atom stereocenters. The van der Waals surface area contributed by atoms with E-state index in [1.165, 1.54) is 0 Å². The van der Waals surface area contributed by atoms with Gasteiger partial charge in [0.15, 0.2) is 0 Å². The standard InChI is InChI=1S/C17H14Cl2N2/c1-10-2-3-11-8-12(4-7-16(11)21-10)17(20)14-9-13(18)5-6-15(14)19/h2-9,17H,20H2,1H3. The molecule has 0 saturated carbocycles. The van der Waals surface area contributed by atoms with E-state index in [4.69, 9.17) is 28.9 Å². The molecule has 2 nitrogen and oxygen atoms in total. The van der Waals surface area contributed by atoms with Crippen molar-refractivity contribution in [2.45, 2.75) is 13.0 Å². The predicted molar refractivity (Wildman–Crippen MR) is 89.0 cm³/mol. The highest BCUT2D eigenvalue weighted by molar-refractivity contribution is 6.33. The second kappa shape index (κ2) is 5.64. The smallest absolute Gasteiger partial charge is 0.0705 e. The summed E-state index contributed by atoms with van der Waals surface area (Å²) in [5.74, 6) is 0. The summed E-state index contributed by atoms with van der Waals surface area (Å²) in [7, 11) is 0. The minimum Gasteiger partial charge on any atom is -0.320 e. The normalized spacial score (nSPS) is 12.6. The lowest BCUT2D eigenvalue weighted by molar-refractivity contribution is 0.873. The lowest BCUT2D eigenvalue weighted by Gasteiger charge is -2.15. The van der Waals surface area contributed by atoms with Crippen molar-refractivity contribution in [1.82, 2.24) is 4.98 Å². The third-order valence-electron chi connectivity index (χ3n) is 3.50. The first-order valence-corrected chi connectivity index (χ1v) is 7.38. The van der Waals surface area contributed by atoms with Crippen molar-refractivity contribution in [2.24, 2.45) is 5.73 Å². The molecule has 2 N–H and O–H groups in total. The summed E-state index contributed by atoms with van der Waals surface area (Å²) in [5, 5.41) is 2.31. The zero-order valence-corrected chi connectivity index (χ0v) is 13.0. The molecule has 1 heterocycles. The first-order chi connectivity index (χ1) is 10.0. The number of fused-ring (bicyclic) bond motifs is 1. The van der Waals surface area contributed by atoms with Gasteiger partial charge in [0.2, 0.25) is 0 Å². The van der Waals surface area contributed by atoms with Crippen LogP contribution in [0.4, 0.5) is 0 Å². The average molecular weight is 317 g/mol. The lowest BCUT2D eigenvalue weighted by atomic mass is 9.98. The number of pyridine rings is 1. The Morgan fingerprint density at radius 2 is 1.81 bits per heavy atom. The second-order valence-electron chi connectivity index (χ2n) is 5.05. The molecule has 3 rings (SSSR count). The van der Waals surface area contributed by atoms with Gasteiger partial charge in [0.05, 0.1) is 11.6 Å². The van der Waals surface area contributed by atoms with Crippen LogP contribution in [0.5, 0.6) is 0 Å². The van der Waals surface area contributed by atoms with Crippen LogP contribution in [-0.2, 0) is 0 Å². The van der Waals surface area contributed by atoms with Crippen LogP contribution in [0, 0.1) is 6.92 Å². The van der Waals surface area contributed by atoms with Gasteiger partial charge in [-0.1, -0.05) is 35.3 Å². The maximum Gasteiger partial charge on any atom is 0.0705 e. The number of aryl methyl sites for hydroxylation is 1. The second-order valence-corrected chi connectivity index (χ2v) is 5.89. The summed E-state index contributed by atoms with van der Waals surface area (Å²) in [6.07, 6.45) is 0. The number of hydrogen-bond donors (Lipinski definition) is 1. The number of aromatic nitrogens is 1. The first kappa shape index (κ1) is 14.3. The van der Waals surface area contributed by atoms with Crippen molar-refractivity contribution >= 4 is 34.1 Å². The van der Waals surface area contributed by atoms with Crippen LogP contribution in [-0.4, -0.2) is 4.98 Å². The summed E-state index contributed by atoms with van der Waals surface area (Å²) in [4.78, 5) is 4.49. The molecular formula is C17H14Cl2N2. The Morgan fingerprint density at radius 1 is 1.00 bits per heavy atom. The zero-order chi connectivity index (χ0) is 15.0. The van der Waals surface area contributed by atoms with E-state index in [0.29, 0.717) is 10.0 Å². The first-order valence-electron chi connectivity index (χ1n) is 6.62. The monoisotopic (exact) mass is 316 g/mol. The van der Waals surface area contributed by atoms with Gasteiger partial charge in [-0.25, -0.2) is 0 Å². The van der Waals surface area contributed by atoms with Gasteiger partial charge in [-0.2, -0.15) is 0 Å². The van der Waals surface area contributed by atoms with Crippen molar-refractivity contribution in [3.63, 3.8) is 0 Å². The Kier molecular flexibility index (Phi) is 3.85. The van der Waals surface area contributed by atoms with E-state index < -0.39 is 0 Å². The average Bonchev–Trinajstić information content (AvgIpc) is 2.48. The van der Waals surface area contributed by atoms with Gasteiger partial charge in [-0.3, -0.25) is 4.98 Å². The van der Waals surface area contributed by atoms with Crippen molar-refractivity contribution < 1.29 is 0 Å². The maximum absolute atomic E-state index is 6.34. The van der Waals surface area contributed by atoms with E-state index in [1.54, 1.807) is 12.1 Å². The minimum atomic E-state index is -0.318. The molecule has 1 aromatic heterocycles. The highest BCUT2D eigenvalue weighted by atomic mass is 35.5. The van der Waals surface area contributed by atoms with Crippen LogP contribution < -0.4 is 5.73 Å². The Bertz CT molecular complexity index is 815. The quantitative estimate of drug-likeness (QED) is 0.730. The molecule has 0 spiro atoms. The number of nitrogens with two attached hydrogens (primary N) is 1. The third-order valence-corrected chi connectivity index (χ3v) is 4.08. The third kappa shape index (κ3) is 2.88. The van der Waals surface area contributed by atoms with E-state index in [9.17, 15) is 0 Å². The Balaban J connectivity index is 2.07. The number of benzene rings is 2. The van der Waals surface area contributed by atoms with Crippen LogP contribution in [0.3, 0.4) is 0 Å². The SMILES string of the molecule is Cc1ccc2cc(C(N)c3cc(Cl)ccc3Cl)ccc2n1. The van der Waals surface area contributed by atoms with Crippen LogP contribution in [0.15, 0.2) is 48.5 Å². The van der Waals surface area contributed by atoms with E-state index >= 15 is 0 Å². The van der Waals surface area contributed by atoms with E-state index in [0.717, 1.165) is 27.7 Å². The molecule has 2 aromatic carbocycles. The van der Waals surface area contributed by atoms with Crippen molar-refractivity contribution in [1.29, 1.82) is 0 Å². The van der Waals surface area contributed by atoms with Crippen LogP contribution in [0.1, 0.15) is 22.9 Å². The molecule has 0 amide bonds. The predicted octanol–water partition coefficient (Wildman–Crippen LogP) is 4.90. The molecule has 0 radical (unpaired) electrons. The summed E-state index contributed by atoms with van der Waals surface area (Å²) < 4.78 is 0. The Hall–Kier alpha value is -1.61. The van der Waals surface area contributed by atoms with E-state index in [2.05, 4.69) is 4.98 Å². The van der Waals surface area contributed by atoms with Crippen molar-refractivity contribution in [3.05, 3.63) is 75.4 Å². The Labute approximate surface area is 133 Å². The Morgan fingerprint density at radius 3 is 2.62 bits per heavy atom. The summed E-state index contributed by atoms with van der Waals surface area (Å²) >= 11 is 12.3. The van der Waals surface area contributed by atoms with E-state index in [-0.39, 0.29) is 6.04 Å². The van der Waals surface area contributed by atoms with Gasteiger partial charge in [-0.15, -0.1) is 0 Å². The molecular weight excluding hydrogens is 303 g/mol. The summed E-state index contributed by atoms with van der Waals surface area (Å²) in [5.41, 5.74) is 10.1. The fraction of sp³-hybridized carbons (Fsp3) is 0.118. The molecule has 4 heteroatoms. The van der Waals surface area contributed by atoms with Gasteiger partial charge in [0, 0.05) is 21.1 Å².